The van der Waals surface area contributed by atoms with Gasteiger partial charge in [-0.2, -0.15) is 4.98 Å². The fourth-order valence-electron chi connectivity index (χ4n) is 2.18. The van der Waals surface area contributed by atoms with Crippen LogP contribution < -0.4 is 5.32 Å². The van der Waals surface area contributed by atoms with E-state index in [1.165, 1.54) is 6.26 Å². The lowest BCUT2D eigenvalue weighted by Gasteiger charge is -2.00. The van der Waals surface area contributed by atoms with E-state index in [0.717, 1.165) is 22.2 Å². The molecule has 0 aliphatic heterocycles. The van der Waals surface area contributed by atoms with Crippen molar-refractivity contribution in [2.75, 3.05) is 5.32 Å². The van der Waals surface area contributed by atoms with Crippen molar-refractivity contribution in [2.45, 2.75) is 19.8 Å². The highest BCUT2D eigenvalue weighted by atomic mass is 16.4. The highest BCUT2D eigenvalue weighted by Crippen LogP contribution is 2.19. The Morgan fingerprint density at radius 1 is 1.40 bits per heavy atom. The van der Waals surface area contributed by atoms with Crippen molar-refractivity contribution in [3.05, 3.63) is 48.0 Å². The van der Waals surface area contributed by atoms with E-state index in [1.807, 2.05) is 31.3 Å². The number of benzene rings is 1. The largest absolute Gasteiger partial charge is 0.432 e. The molecule has 1 aromatic carbocycles. The molecule has 1 amide bonds. The topological polar surface area (TPSA) is 70.9 Å². The van der Waals surface area contributed by atoms with Crippen molar-refractivity contribution in [3.8, 4) is 0 Å². The molecule has 0 atom stereocenters. The molecule has 2 N–H and O–H groups in total. The molecule has 5 heteroatoms. The molecule has 102 valence electrons. The normalized spacial score (nSPS) is 10.8. The third-order valence-corrected chi connectivity index (χ3v) is 3.16. The van der Waals surface area contributed by atoms with Crippen molar-refractivity contribution in [3.63, 3.8) is 0 Å². The summed E-state index contributed by atoms with van der Waals surface area (Å²) in [6.45, 7) is 1.81. The number of aryl methyl sites for hydroxylation is 2. The van der Waals surface area contributed by atoms with Crippen LogP contribution in [0.2, 0.25) is 0 Å². The number of hydrogen-bond donors (Lipinski definition) is 2. The van der Waals surface area contributed by atoms with Gasteiger partial charge in [0.25, 0.3) is 0 Å². The third kappa shape index (κ3) is 2.56. The van der Waals surface area contributed by atoms with Crippen molar-refractivity contribution in [1.82, 2.24) is 9.97 Å². The number of aromatic amines is 1. The van der Waals surface area contributed by atoms with Gasteiger partial charge in [-0.25, -0.2) is 0 Å². The molecule has 0 aliphatic carbocycles. The van der Waals surface area contributed by atoms with Gasteiger partial charge in [-0.3, -0.25) is 10.1 Å². The fraction of sp³-hybridized carbons (Fsp3) is 0.200. The standard InChI is InChI=1S/C15H15N3O2/c1-10-9-20-15(17-10)18-14(19)7-6-11-8-16-13-5-3-2-4-12(11)13/h2-5,8-9,16H,6-7H2,1H3,(H,17,18,19). The second-order valence-corrected chi connectivity index (χ2v) is 4.70. The molecule has 3 aromatic rings. The number of carbonyl (C=O) groups excluding carboxylic acids is 1. The van der Waals surface area contributed by atoms with Crippen LogP contribution in [0, 0.1) is 6.92 Å². The maximum Gasteiger partial charge on any atom is 0.301 e. The predicted molar refractivity (Wildman–Crippen MR) is 76.5 cm³/mol. The first kappa shape index (κ1) is 12.5. The Balaban J connectivity index is 1.63. The molecule has 0 saturated heterocycles. The lowest BCUT2D eigenvalue weighted by atomic mass is 10.1. The summed E-state index contributed by atoms with van der Waals surface area (Å²) < 4.78 is 5.09. The molecular formula is C15H15N3O2. The van der Waals surface area contributed by atoms with Gasteiger partial charge >= 0.3 is 6.01 Å². The molecule has 3 rings (SSSR count). The van der Waals surface area contributed by atoms with E-state index in [9.17, 15) is 4.79 Å². The zero-order chi connectivity index (χ0) is 13.9. The summed E-state index contributed by atoms with van der Waals surface area (Å²) in [5, 5.41) is 3.81. The zero-order valence-corrected chi connectivity index (χ0v) is 11.1. The Morgan fingerprint density at radius 2 is 2.25 bits per heavy atom. The first-order valence-electron chi connectivity index (χ1n) is 6.49. The number of fused-ring (bicyclic) bond motifs is 1. The molecular weight excluding hydrogens is 254 g/mol. The van der Waals surface area contributed by atoms with E-state index in [1.54, 1.807) is 0 Å². The Morgan fingerprint density at radius 3 is 3.05 bits per heavy atom. The SMILES string of the molecule is Cc1coc(NC(=O)CCc2c[nH]c3ccccc23)n1. The average molecular weight is 269 g/mol. The maximum absolute atomic E-state index is 11.8. The number of amides is 1. The number of nitrogens with one attached hydrogen (secondary N) is 2. The summed E-state index contributed by atoms with van der Waals surface area (Å²) >= 11 is 0. The van der Waals surface area contributed by atoms with Crippen LogP contribution in [0.5, 0.6) is 0 Å². The van der Waals surface area contributed by atoms with Gasteiger partial charge in [-0.15, -0.1) is 0 Å². The molecule has 5 nitrogen and oxygen atoms in total. The Bertz CT molecular complexity index is 742. The van der Waals surface area contributed by atoms with Gasteiger partial charge in [-0.05, 0) is 25.0 Å². The Labute approximate surface area is 116 Å². The van der Waals surface area contributed by atoms with Gasteiger partial charge in [0.2, 0.25) is 5.91 Å². The van der Waals surface area contributed by atoms with E-state index in [4.69, 9.17) is 4.42 Å². The minimum absolute atomic E-state index is 0.0999. The van der Waals surface area contributed by atoms with Gasteiger partial charge in [-0.1, -0.05) is 18.2 Å². The lowest BCUT2D eigenvalue weighted by molar-refractivity contribution is -0.116. The predicted octanol–water partition coefficient (Wildman–Crippen LogP) is 3.04. The van der Waals surface area contributed by atoms with E-state index in [0.29, 0.717) is 12.8 Å². The quantitative estimate of drug-likeness (QED) is 0.764. The van der Waals surface area contributed by atoms with Crippen LogP contribution in [0.15, 0.2) is 41.1 Å². The van der Waals surface area contributed by atoms with Gasteiger partial charge in [0.1, 0.15) is 6.26 Å². The number of H-pyrrole nitrogens is 1. The molecule has 0 fully saturated rings. The van der Waals surface area contributed by atoms with Crippen LogP contribution in [-0.2, 0) is 11.2 Å². The second kappa shape index (κ2) is 5.21. The van der Waals surface area contributed by atoms with Gasteiger partial charge in [0.15, 0.2) is 0 Å². The first-order valence-corrected chi connectivity index (χ1v) is 6.49. The Hall–Kier alpha value is -2.56. The average Bonchev–Trinajstić information content (AvgIpc) is 3.03. The number of anilines is 1. The van der Waals surface area contributed by atoms with Crippen LogP contribution in [0.1, 0.15) is 17.7 Å². The molecule has 0 aliphatic rings. The van der Waals surface area contributed by atoms with Crippen molar-refractivity contribution < 1.29 is 9.21 Å². The smallest absolute Gasteiger partial charge is 0.301 e. The van der Waals surface area contributed by atoms with Crippen LogP contribution in [-0.4, -0.2) is 15.9 Å². The van der Waals surface area contributed by atoms with Crippen LogP contribution in [0.4, 0.5) is 6.01 Å². The minimum atomic E-state index is -0.0999. The molecule has 0 saturated carbocycles. The van der Waals surface area contributed by atoms with E-state index >= 15 is 0 Å². The van der Waals surface area contributed by atoms with Crippen molar-refractivity contribution in [1.29, 1.82) is 0 Å². The molecule has 0 unspecified atom stereocenters. The summed E-state index contributed by atoms with van der Waals surface area (Å²) in [6.07, 6.45) is 4.53. The lowest BCUT2D eigenvalue weighted by Crippen LogP contribution is -2.12. The van der Waals surface area contributed by atoms with Crippen LogP contribution in [0.25, 0.3) is 10.9 Å². The highest BCUT2D eigenvalue weighted by molar-refractivity contribution is 5.89. The summed E-state index contributed by atoms with van der Waals surface area (Å²) in [6, 6.07) is 8.31. The molecule has 0 radical (unpaired) electrons. The summed E-state index contributed by atoms with van der Waals surface area (Å²) in [5.41, 5.74) is 2.97. The number of rotatable bonds is 4. The van der Waals surface area contributed by atoms with Crippen LogP contribution in [0.3, 0.4) is 0 Å². The fourth-order valence-corrected chi connectivity index (χ4v) is 2.18. The third-order valence-electron chi connectivity index (χ3n) is 3.16. The Kier molecular flexibility index (Phi) is 3.25. The van der Waals surface area contributed by atoms with Crippen molar-refractivity contribution in [2.24, 2.45) is 0 Å². The molecule has 2 aromatic heterocycles. The molecule has 0 bridgehead atoms. The summed E-state index contributed by atoms with van der Waals surface area (Å²) in [5.74, 6) is -0.0999. The zero-order valence-electron chi connectivity index (χ0n) is 11.1. The number of para-hydroxylation sites is 1. The first-order chi connectivity index (χ1) is 9.72. The molecule has 20 heavy (non-hydrogen) atoms. The van der Waals surface area contributed by atoms with Crippen LogP contribution >= 0.6 is 0 Å². The number of aromatic nitrogens is 2. The second-order valence-electron chi connectivity index (χ2n) is 4.70. The van der Waals surface area contributed by atoms with Gasteiger partial charge in [0, 0.05) is 23.5 Å². The van der Waals surface area contributed by atoms with E-state index in [2.05, 4.69) is 21.4 Å². The summed E-state index contributed by atoms with van der Waals surface area (Å²) in [4.78, 5) is 19.1. The molecule has 2 heterocycles. The van der Waals surface area contributed by atoms with Gasteiger partial charge in [0.05, 0.1) is 5.69 Å². The number of nitrogens with zero attached hydrogens (tertiary/aromatic N) is 1. The monoisotopic (exact) mass is 269 g/mol. The van der Waals surface area contributed by atoms with Gasteiger partial charge < -0.3 is 9.40 Å². The number of hydrogen-bond acceptors (Lipinski definition) is 3. The minimum Gasteiger partial charge on any atom is -0.432 e. The van der Waals surface area contributed by atoms with Crippen molar-refractivity contribution >= 4 is 22.8 Å². The highest BCUT2D eigenvalue weighted by Gasteiger charge is 2.09. The van der Waals surface area contributed by atoms with E-state index in [-0.39, 0.29) is 11.9 Å². The summed E-state index contributed by atoms with van der Waals surface area (Å²) in [7, 11) is 0. The number of oxazole rings is 1. The van der Waals surface area contributed by atoms with E-state index < -0.39 is 0 Å². The maximum atomic E-state index is 11.8. The molecule has 0 spiro atoms. The number of carbonyl (C=O) groups is 1.